The van der Waals surface area contributed by atoms with Gasteiger partial charge in [0.2, 0.25) is 5.88 Å². The van der Waals surface area contributed by atoms with E-state index in [1.54, 1.807) is 13.3 Å². The summed E-state index contributed by atoms with van der Waals surface area (Å²) in [5, 5.41) is 3.78. The van der Waals surface area contributed by atoms with E-state index in [2.05, 4.69) is 43.5 Å². The van der Waals surface area contributed by atoms with Crippen molar-refractivity contribution in [3.8, 4) is 11.6 Å². The molecule has 0 spiro atoms. The van der Waals surface area contributed by atoms with Gasteiger partial charge < -0.3 is 34.9 Å². The average Bonchev–Trinajstić information content (AvgIpc) is 3.08. The van der Waals surface area contributed by atoms with Gasteiger partial charge in [-0.05, 0) is 56.5 Å². The molecule has 0 aliphatic carbocycles. The van der Waals surface area contributed by atoms with Gasteiger partial charge in [0.15, 0.2) is 17.0 Å². The molecule has 0 bridgehead atoms. The zero-order valence-corrected chi connectivity index (χ0v) is 27.3. The molecule has 248 valence electrons. The number of rotatable bonds is 8. The van der Waals surface area contributed by atoms with E-state index in [1.807, 2.05) is 41.6 Å². The maximum Gasteiger partial charge on any atom is 0.213 e. The minimum atomic E-state index is -0.419. The zero-order chi connectivity index (χ0) is 32.7. The van der Waals surface area contributed by atoms with Crippen LogP contribution < -0.4 is 35.8 Å². The Morgan fingerprint density at radius 3 is 2.79 bits per heavy atom. The van der Waals surface area contributed by atoms with Gasteiger partial charge in [0.05, 0.1) is 35.9 Å². The molecule has 2 fully saturated rings. The van der Waals surface area contributed by atoms with Crippen LogP contribution in [-0.2, 0) is 13.1 Å². The van der Waals surface area contributed by atoms with E-state index < -0.39 is 5.82 Å². The number of piperazine rings is 1. The van der Waals surface area contributed by atoms with Gasteiger partial charge in [-0.25, -0.2) is 14.4 Å². The van der Waals surface area contributed by atoms with E-state index in [9.17, 15) is 4.79 Å². The number of anilines is 3. The number of piperidine rings is 1. The standard InChI is InChI=1S/C35H43FN8O3/c1-22-16-42(12-10-38-22)33-29(36)14-28-32-35(33)47-21-23(2)44(32)19-25(34(28)45)18-43(17-24-8-9-39-31(13-24)46-3)27-5-4-11-41(20-27)26-6-7-30(37)40-15-26/h6-9,13-15,19,22-23,27,38H,4-5,10-12,16-18,20-21H2,1-3H3,(H2,37,40). The Bertz CT molecular complexity index is 1820. The lowest BCUT2D eigenvalue weighted by Gasteiger charge is -2.40. The highest BCUT2D eigenvalue weighted by atomic mass is 19.1. The lowest BCUT2D eigenvalue weighted by molar-refractivity contribution is 0.157. The van der Waals surface area contributed by atoms with Crippen LogP contribution in [0.1, 0.15) is 43.9 Å². The molecule has 2 saturated heterocycles. The third kappa shape index (κ3) is 6.19. The highest BCUT2D eigenvalue weighted by molar-refractivity contribution is 5.92. The number of nitrogens with one attached hydrogen (secondary N) is 1. The Hall–Kier alpha value is -4.42. The lowest BCUT2D eigenvalue weighted by atomic mass is 10.0. The van der Waals surface area contributed by atoms with Crippen molar-refractivity contribution in [3.63, 3.8) is 0 Å². The van der Waals surface area contributed by atoms with Crippen LogP contribution in [0.2, 0.25) is 0 Å². The molecular weight excluding hydrogens is 599 g/mol. The van der Waals surface area contributed by atoms with Gasteiger partial charge in [0.1, 0.15) is 18.1 Å². The molecule has 11 nitrogen and oxygen atoms in total. The molecule has 7 rings (SSSR count). The van der Waals surface area contributed by atoms with Gasteiger partial charge in [-0.1, -0.05) is 0 Å². The van der Waals surface area contributed by atoms with Crippen molar-refractivity contribution in [1.29, 1.82) is 0 Å². The first-order chi connectivity index (χ1) is 22.8. The lowest BCUT2D eigenvalue weighted by Crippen LogP contribution is -2.49. The van der Waals surface area contributed by atoms with E-state index in [0.29, 0.717) is 72.4 Å². The molecule has 0 saturated carbocycles. The number of aromatic nitrogens is 3. The highest BCUT2D eigenvalue weighted by Gasteiger charge is 2.32. The van der Waals surface area contributed by atoms with Crippen LogP contribution in [0.5, 0.6) is 11.6 Å². The Morgan fingerprint density at radius 1 is 1.13 bits per heavy atom. The van der Waals surface area contributed by atoms with Crippen LogP contribution in [0.3, 0.4) is 0 Å². The topological polar surface area (TPSA) is 114 Å². The third-order valence-electron chi connectivity index (χ3n) is 9.72. The summed E-state index contributed by atoms with van der Waals surface area (Å²) < 4.78 is 29.8. The second kappa shape index (κ2) is 13.0. The zero-order valence-electron chi connectivity index (χ0n) is 27.3. The first kappa shape index (κ1) is 31.2. The molecule has 0 radical (unpaired) electrons. The first-order valence-electron chi connectivity index (χ1n) is 16.5. The predicted molar refractivity (Wildman–Crippen MR) is 182 cm³/mol. The van der Waals surface area contributed by atoms with E-state index in [0.717, 1.165) is 43.7 Å². The van der Waals surface area contributed by atoms with Crippen LogP contribution in [0.4, 0.5) is 21.6 Å². The first-order valence-corrected chi connectivity index (χ1v) is 16.5. The summed E-state index contributed by atoms with van der Waals surface area (Å²) in [6.45, 7) is 9.33. The van der Waals surface area contributed by atoms with Crippen molar-refractivity contribution >= 4 is 28.1 Å². The Balaban J connectivity index is 1.28. The monoisotopic (exact) mass is 642 g/mol. The third-order valence-corrected chi connectivity index (χ3v) is 9.72. The number of ether oxygens (including phenoxy) is 2. The summed E-state index contributed by atoms with van der Waals surface area (Å²) in [6.07, 6.45) is 7.51. The minimum Gasteiger partial charge on any atom is -0.487 e. The summed E-state index contributed by atoms with van der Waals surface area (Å²) >= 11 is 0. The number of nitrogens with zero attached hydrogens (tertiary/aromatic N) is 6. The molecule has 47 heavy (non-hydrogen) atoms. The minimum absolute atomic E-state index is 0.0225. The second-order valence-corrected chi connectivity index (χ2v) is 13.1. The Labute approximate surface area is 274 Å². The largest absolute Gasteiger partial charge is 0.487 e. The van der Waals surface area contributed by atoms with Gasteiger partial charge in [0.25, 0.3) is 0 Å². The van der Waals surface area contributed by atoms with Gasteiger partial charge in [0, 0.05) is 81.9 Å². The Kier molecular flexibility index (Phi) is 8.63. The number of methoxy groups -OCH3 is 1. The van der Waals surface area contributed by atoms with Crippen molar-refractivity contribution in [3.05, 3.63) is 76.1 Å². The molecule has 1 aromatic carbocycles. The number of nitrogens with two attached hydrogens (primary N) is 1. The molecule has 12 heteroatoms. The molecule has 4 aromatic rings. The smallest absolute Gasteiger partial charge is 0.213 e. The van der Waals surface area contributed by atoms with E-state index >= 15 is 4.39 Å². The molecule has 3 unspecified atom stereocenters. The van der Waals surface area contributed by atoms with Crippen molar-refractivity contribution in [2.75, 3.05) is 62.0 Å². The Morgan fingerprint density at radius 2 is 2.00 bits per heavy atom. The van der Waals surface area contributed by atoms with Gasteiger partial charge in [-0.2, -0.15) is 0 Å². The normalized spacial score (nSPS) is 21.3. The number of halogens is 1. The van der Waals surface area contributed by atoms with Gasteiger partial charge in [-0.3, -0.25) is 9.69 Å². The molecule has 3 aliphatic heterocycles. The second-order valence-electron chi connectivity index (χ2n) is 13.1. The highest BCUT2D eigenvalue weighted by Crippen LogP contribution is 2.42. The van der Waals surface area contributed by atoms with Crippen LogP contribution in [-0.4, -0.2) is 78.0 Å². The number of pyridine rings is 3. The predicted octanol–water partition coefficient (Wildman–Crippen LogP) is 3.94. The maximum absolute atomic E-state index is 16.0. The van der Waals surface area contributed by atoms with Gasteiger partial charge in [-0.15, -0.1) is 0 Å². The molecule has 3 aliphatic rings. The molecular formula is C35H43FN8O3. The maximum atomic E-state index is 16.0. The fraction of sp³-hybridized carbons (Fsp3) is 0.457. The fourth-order valence-corrected chi connectivity index (χ4v) is 7.31. The van der Waals surface area contributed by atoms with Crippen LogP contribution in [0.15, 0.2) is 53.7 Å². The van der Waals surface area contributed by atoms with Crippen LogP contribution >= 0.6 is 0 Å². The van der Waals surface area contributed by atoms with E-state index in [-0.39, 0.29) is 23.6 Å². The van der Waals surface area contributed by atoms with E-state index in [4.69, 9.17) is 15.2 Å². The van der Waals surface area contributed by atoms with E-state index in [1.165, 1.54) is 6.07 Å². The molecule has 6 heterocycles. The fourth-order valence-electron chi connectivity index (χ4n) is 7.31. The quantitative estimate of drug-likeness (QED) is 0.293. The number of nitrogen functional groups attached to an aromatic ring is 1. The summed E-state index contributed by atoms with van der Waals surface area (Å²) in [6, 6.07) is 9.52. The number of hydrogen-bond acceptors (Lipinski definition) is 10. The molecule has 0 amide bonds. The van der Waals surface area contributed by atoms with Crippen LogP contribution in [0, 0.1) is 5.82 Å². The summed E-state index contributed by atoms with van der Waals surface area (Å²) in [7, 11) is 1.61. The number of hydrogen-bond donors (Lipinski definition) is 2. The van der Waals surface area contributed by atoms with Crippen LogP contribution in [0.25, 0.3) is 10.9 Å². The average molecular weight is 643 g/mol. The van der Waals surface area contributed by atoms with Crippen molar-refractivity contribution in [2.24, 2.45) is 0 Å². The van der Waals surface area contributed by atoms with Crippen molar-refractivity contribution in [2.45, 2.75) is 57.9 Å². The summed E-state index contributed by atoms with van der Waals surface area (Å²) in [5.41, 5.74) is 9.52. The SMILES string of the molecule is COc1cc(CN(Cc2cn3c4c(c(N5CCNC(C)C5)c(F)cc4c2=O)OCC3C)C2CCCN(c3ccc(N)nc3)C2)ccn1. The van der Waals surface area contributed by atoms with Gasteiger partial charge >= 0.3 is 0 Å². The molecule has 3 aromatic heterocycles. The number of benzene rings is 1. The summed E-state index contributed by atoms with van der Waals surface area (Å²) in [4.78, 5) is 29.7. The molecule has 3 N–H and O–H groups in total. The van der Waals surface area contributed by atoms with Crippen molar-refractivity contribution in [1.82, 2.24) is 24.8 Å². The molecule has 3 atom stereocenters. The van der Waals surface area contributed by atoms with Crippen molar-refractivity contribution < 1.29 is 13.9 Å². The summed E-state index contributed by atoms with van der Waals surface area (Å²) in [5.74, 6) is 1.09.